The van der Waals surface area contributed by atoms with Crippen LogP contribution in [0.3, 0.4) is 0 Å². The number of carbonyl (C=O) groups is 2. The fourth-order valence-electron chi connectivity index (χ4n) is 3.97. The molecule has 2 aromatic carbocycles. The minimum absolute atomic E-state index is 0.0685. The molecule has 1 heterocycles. The number of carboxylic acids is 1. The van der Waals surface area contributed by atoms with E-state index in [0.717, 1.165) is 18.7 Å². The highest BCUT2D eigenvalue weighted by Gasteiger charge is 2.37. The van der Waals surface area contributed by atoms with Crippen molar-refractivity contribution in [2.24, 2.45) is 0 Å². The first-order chi connectivity index (χ1) is 14.1. The molecule has 1 N–H and O–H groups in total. The fourth-order valence-corrected chi connectivity index (χ4v) is 3.97. The molecule has 3 rings (SSSR count). The van der Waals surface area contributed by atoms with Crippen LogP contribution in [-0.2, 0) is 27.4 Å². The van der Waals surface area contributed by atoms with Crippen molar-refractivity contribution in [3.8, 4) is 0 Å². The van der Waals surface area contributed by atoms with Gasteiger partial charge in [0.1, 0.15) is 0 Å². The molecule has 2 atom stereocenters. The van der Waals surface area contributed by atoms with E-state index in [-0.39, 0.29) is 18.6 Å². The highest BCUT2D eigenvalue weighted by molar-refractivity contribution is 6.31. The van der Waals surface area contributed by atoms with Gasteiger partial charge in [-0.05, 0) is 17.5 Å². The van der Waals surface area contributed by atoms with Crippen molar-refractivity contribution in [2.75, 3.05) is 19.8 Å². The first-order valence-corrected chi connectivity index (χ1v) is 10.0. The van der Waals surface area contributed by atoms with Gasteiger partial charge in [0.05, 0.1) is 25.3 Å². The van der Waals surface area contributed by atoms with Crippen LogP contribution in [-0.4, -0.2) is 58.6 Å². The Balaban J connectivity index is 1.86. The molecule has 154 valence electrons. The average Bonchev–Trinajstić information content (AvgIpc) is 2.75. The van der Waals surface area contributed by atoms with Crippen LogP contribution >= 0.6 is 0 Å². The van der Waals surface area contributed by atoms with Crippen molar-refractivity contribution in [3.05, 3.63) is 71.8 Å². The summed E-state index contributed by atoms with van der Waals surface area (Å²) in [5.74, 6) is -2.29. The lowest BCUT2D eigenvalue weighted by Crippen LogP contribution is -2.58. The van der Waals surface area contributed by atoms with E-state index in [2.05, 4.69) is 17.0 Å². The van der Waals surface area contributed by atoms with E-state index in [0.29, 0.717) is 19.6 Å². The standard InChI is InChI=1S/C23H28N2O4/c1-2-20(25(22(26)23(27)28)16-19-11-7-4-8-12-19)21-17-29-14-13-24(21)15-18-9-5-3-6-10-18/h3-12,20-21H,2,13-17H2,1H3,(H,27,28)/t20?,21-/m1/s1. The molecule has 1 unspecified atom stereocenters. The van der Waals surface area contributed by atoms with Crippen molar-refractivity contribution in [3.63, 3.8) is 0 Å². The Kier molecular flexibility index (Phi) is 7.38. The highest BCUT2D eigenvalue weighted by atomic mass is 16.5. The minimum atomic E-state index is -1.43. The molecule has 1 fully saturated rings. The van der Waals surface area contributed by atoms with Crippen LogP contribution in [0.1, 0.15) is 24.5 Å². The number of carbonyl (C=O) groups excluding carboxylic acids is 1. The topological polar surface area (TPSA) is 70.1 Å². The number of hydrogen-bond donors (Lipinski definition) is 1. The molecule has 2 aromatic rings. The molecule has 0 radical (unpaired) electrons. The molecule has 0 spiro atoms. The van der Waals surface area contributed by atoms with Crippen molar-refractivity contribution >= 4 is 11.9 Å². The number of ether oxygens (including phenoxy) is 1. The van der Waals surface area contributed by atoms with Gasteiger partial charge in [0, 0.05) is 19.6 Å². The molecular formula is C23H28N2O4. The lowest BCUT2D eigenvalue weighted by molar-refractivity contribution is -0.159. The van der Waals surface area contributed by atoms with Gasteiger partial charge in [-0.25, -0.2) is 4.79 Å². The molecule has 1 saturated heterocycles. The normalized spacial score (nSPS) is 18.2. The summed E-state index contributed by atoms with van der Waals surface area (Å²) in [4.78, 5) is 28.0. The highest BCUT2D eigenvalue weighted by Crippen LogP contribution is 2.23. The molecule has 1 aliphatic rings. The molecule has 1 amide bonds. The molecule has 29 heavy (non-hydrogen) atoms. The van der Waals surface area contributed by atoms with Gasteiger partial charge < -0.3 is 14.7 Å². The summed E-state index contributed by atoms with van der Waals surface area (Å²) in [6.45, 7) is 4.85. The Morgan fingerprint density at radius 1 is 1.10 bits per heavy atom. The third-order valence-electron chi connectivity index (χ3n) is 5.41. The summed E-state index contributed by atoms with van der Waals surface area (Å²) in [6.07, 6.45) is 0.644. The summed E-state index contributed by atoms with van der Waals surface area (Å²) in [5.41, 5.74) is 2.10. The van der Waals surface area contributed by atoms with Gasteiger partial charge in [-0.3, -0.25) is 9.69 Å². The van der Waals surface area contributed by atoms with Crippen LogP contribution in [0.15, 0.2) is 60.7 Å². The van der Waals surface area contributed by atoms with E-state index in [1.807, 2.05) is 55.5 Å². The maximum absolute atomic E-state index is 12.6. The van der Waals surface area contributed by atoms with Crippen molar-refractivity contribution < 1.29 is 19.4 Å². The van der Waals surface area contributed by atoms with E-state index in [1.54, 1.807) is 0 Å². The molecule has 0 saturated carbocycles. The van der Waals surface area contributed by atoms with E-state index < -0.39 is 11.9 Å². The second kappa shape index (κ2) is 10.2. The van der Waals surface area contributed by atoms with Crippen LogP contribution in [0.2, 0.25) is 0 Å². The Bertz CT molecular complexity index is 797. The van der Waals surface area contributed by atoms with E-state index in [1.165, 1.54) is 10.5 Å². The molecule has 6 heteroatoms. The Morgan fingerprint density at radius 3 is 2.31 bits per heavy atom. The average molecular weight is 396 g/mol. The molecular weight excluding hydrogens is 368 g/mol. The number of nitrogens with zero attached hydrogens (tertiary/aromatic N) is 2. The Hall–Kier alpha value is -2.70. The predicted molar refractivity (Wildman–Crippen MR) is 110 cm³/mol. The lowest BCUT2D eigenvalue weighted by Gasteiger charge is -2.44. The molecule has 1 aliphatic heterocycles. The Labute approximate surface area is 171 Å². The van der Waals surface area contributed by atoms with Gasteiger partial charge in [0.2, 0.25) is 0 Å². The molecule has 0 aromatic heterocycles. The summed E-state index contributed by atoms with van der Waals surface area (Å²) in [5, 5.41) is 9.44. The van der Waals surface area contributed by atoms with Gasteiger partial charge >= 0.3 is 11.9 Å². The number of carboxylic acid groups (broad SMARTS) is 1. The first-order valence-electron chi connectivity index (χ1n) is 10.0. The number of rotatable bonds is 7. The summed E-state index contributed by atoms with van der Waals surface area (Å²) >= 11 is 0. The maximum Gasteiger partial charge on any atom is 0.394 e. The number of benzene rings is 2. The maximum atomic E-state index is 12.6. The van der Waals surface area contributed by atoms with Crippen molar-refractivity contribution in [1.29, 1.82) is 0 Å². The minimum Gasteiger partial charge on any atom is -0.474 e. The van der Waals surface area contributed by atoms with Gasteiger partial charge in [-0.15, -0.1) is 0 Å². The van der Waals surface area contributed by atoms with Gasteiger partial charge in [-0.2, -0.15) is 0 Å². The number of aliphatic carboxylic acids is 1. The first kappa shape index (κ1) is 21.0. The smallest absolute Gasteiger partial charge is 0.394 e. The zero-order valence-corrected chi connectivity index (χ0v) is 16.7. The van der Waals surface area contributed by atoms with Crippen molar-refractivity contribution in [2.45, 2.75) is 38.5 Å². The lowest BCUT2D eigenvalue weighted by atomic mass is 9.99. The van der Waals surface area contributed by atoms with Gasteiger partial charge in [0.25, 0.3) is 0 Å². The van der Waals surface area contributed by atoms with E-state index in [4.69, 9.17) is 4.74 Å². The summed E-state index contributed by atoms with van der Waals surface area (Å²) in [7, 11) is 0. The van der Waals surface area contributed by atoms with Crippen LogP contribution in [0, 0.1) is 0 Å². The van der Waals surface area contributed by atoms with Crippen LogP contribution in [0.25, 0.3) is 0 Å². The largest absolute Gasteiger partial charge is 0.474 e. The van der Waals surface area contributed by atoms with E-state index in [9.17, 15) is 14.7 Å². The monoisotopic (exact) mass is 396 g/mol. The van der Waals surface area contributed by atoms with Gasteiger partial charge in [-0.1, -0.05) is 67.6 Å². The van der Waals surface area contributed by atoms with Gasteiger partial charge in [0.15, 0.2) is 0 Å². The third kappa shape index (κ3) is 5.43. The zero-order valence-electron chi connectivity index (χ0n) is 16.7. The third-order valence-corrected chi connectivity index (χ3v) is 5.41. The quantitative estimate of drug-likeness (QED) is 0.729. The van der Waals surface area contributed by atoms with Crippen LogP contribution < -0.4 is 0 Å². The molecule has 0 bridgehead atoms. The van der Waals surface area contributed by atoms with E-state index >= 15 is 0 Å². The second-order valence-electron chi connectivity index (χ2n) is 7.30. The SMILES string of the molecule is CCC([C@H]1COCCN1Cc1ccccc1)N(Cc1ccccc1)C(=O)C(=O)O. The second-order valence-corrected chi connectivity index (χ2v) is 7.30. The summed E-state index contributed by atoms with van der Waals surface area (Å²) < 4.78 is 5.75. The summed E-state index contributed by atoms with van der Waals surface area (Å²) in [6, 6.07) is 19.4. The molecule has 0 aliphatic carbocycles. The van der Waals surface area contributed by atoms with Crippen LogP contribution in [0.5, 0.6) is 0 Å². The molecule has 6 nitrogen and oxygen atoms in total. The predicted octanol–water partition coefficient (Wildman–Crippen LogP) is 2.78. The number of hydrogen-bond acceptors (Lipinski definition) is 4. The number of morpholine rings is 1. The fraction of sp³-hybridized carbons (Fsp3) is 0.391. The number of amides is 1. The zero-order chi connectivity index (χ0) is 20.6. The van der Waals surface area contributed by atoms with Crippen LogP contribution in [0.4, 0.5) is 0 Å². The Morgan fingerprint density at radius 2 is 1.72 bits per heavy atom. The van der Waals surface area contributed by atoms with Crippen molar-refractivity contribution in [1.82, 2.24) is 9.80 Å².